The monoisotopic (exact) mass is 532 g/mol. The van der Waals surface area contributed by atoms with Gasteiger partial charge in [0.1, 0.15) is 16.9 Å². The molecule has 6 rings (SSSR count). The maximum Gasteiger partial charge on any atom is 0.267 e. The molecule has 1 aliphatic heterocycles. The summed E-state index contributed by atoms with van der Waals surface area (Å²) in [6.45, 7) is 1.66. The van der Waals surface area contributed by atoms with E-state index in [-0.39, 0.29) is 22.9 Å². The number of rotatable bonds is 4. The van der Waals surface area contributed by atoms with Gasteiger partial charge in [0.25, 0.3) is 15.9 Å². The number of carbonyl (C=O) groups is 1. The van der Waals surface area contributed by atoms with Gasteiger partial charge in [-0.15, -0.1) is 0 Å². The van der Waals surface area contributed by atoms with Crippen molar-refractivity contribution in [3.8, 4) is 5.75 Å². The highest BCUT2D eigenvalue weighted by Crippen LogP contribution is 2.39. The third kappa shape index (κ3) is 4.18. The SMILES string of the molecule is Cc1ccc(S(=O)(=O)N2C[C@@H](C(=O)Nc3ccc4c(c3)oc3ccccc34)Oc3ccc(Cl)cc32)cc1. The van der Waals surface area contributed by atoms with Crippen LogP contribution in [0.15, 0.2) is 94.2 Å². The minimum atomic E-state index is -3.99. The van der Waals surface area contributed by atoms with E-state index < -0.39 is 22.0 Å². The van der Waals surface area contributed by atoms with Crippen molar-refractivity contribution < 1.29 is 22.4 Å². The maximum absolute atomic E-state index is 13.6. The van der Waals surface area contributed by atoms with Crippen molar-refractivity contribution in [3.63, 3.8) is 0 Å². The third-order valence-electron chi connectivity index (χ3n) is 6.34. The summed E-state index contributed by atoms with van der Waals surface area (Å²) in [6.07, 6.45) is -1.10. The summed E-state index contributed by atoms with van der Waals surface area (Å²) in [5.74, 6) is -0.237. The number of amides is 1. The van der Waals surface area contributed by atoms with Crippen molar-refractivity contribution in [2.45, 2.75) is 17.9 Å². The van der Waals surface area contributed by atoms with Crippen LogP contribution in [0.25, 0.3) is 21.9 Å². The van der Waals surface area contributed by atoms with Crippen molar-refractivity contribution in [2.75, 3.05) is 16.2 Å². The summed E-state index contributed by atoms with van der Waals surface area (Å²) in [4.78, 5) is 13.4. The molecule has 186 valence electrons. The molecule has 0 bridgehead atoms. The number of anilines is 2. The fourth-order valence-corrected chi connectivity index (χ4v) is 6.09. The summed E-state index contributed by atoms with van der Waals surface area (Å²) in [7, 11) is -3.99. The Balaban J connectivity index is 1.32. The molecule has 1 aliphatic rings. The highest BCUT2D eigenvalue weighted by atomic mass is 35.5. The molecule has 1 amide bonds. The predicted molar refractivity (Wildman–Crippen MR) is 144 cm³/mol. The molecular weight excluding hydrogens is 512 g/mol. The normalized spacial score (nSPS) is 15.4. The minimum Gasteiger partial charge on any atom is -0.476 e. The highest BCUT2D eigenvalue weighted by molar-refractivity contribution is 7.92. The summed E-state index contributed by atoms with van der Waals surface area (Å²) in [6, 6.07) is 24.3. The van der Waals surface area contributed by atoms with Gasteiger partial charge in [0.15, 0.2) is 6.10 Å². The molecular formula is C28H21ClN2O5S. The summed E-state index contributed by atoms with van der Waals surface area (Å²) in [5, 5.41) is 5.11. The standard InChI is InChI=1S/C28H21ClN2O5S/c1-17-6-10-20(11-7-17)37(33,34)31-16-27(36-25-13-8-18(29)14-23(25)31)28(32)30-19-9-12-22-21-4-2-3-5-24(21)35-26(22)15-19/h2-15,27H,16H2,1H3,(H,30,32)/t27-/m0/s1. The van der Waals surface area contributed by atoms with Crippen LogP contribution in [0.1, 0.15) is 5.56 Å². The lowest BCUT2D eigenvalue weighted by molar-refractivity contribution is -0.122. The first-order chi connectivity index (χ1) is 17.8. The molecule has 9 heteroatoms. The van der Waals surface area contributed by atoms with Crippen LogP contribution in [-0.4, -0.2) is 27.0 Å². The van der Waals surface area contributed by atoms with Crippen molar-refractivity contribution in [3.05, 3.63) is 95.5 Å². The van der Waals surface area contributed by atoms with Crippen LogP contribution in [0.4, 0.5) is 11.4 Å². The number of nitrogens with zero attached hydrogens (tertiary/aromatic N) is 1. The highest BCUT2D eigenvalue weighted by Gasteiger charge is 2.38. The molecule has 5 aromatic rings. The van der Waals surface area contributed by atoms with E-state index in [0.717, 1.165) is 21.9 Å². The fraction of sp³-hybridized carbons (Fsp3) is 0.107. The predicted octanol–water partition coefficient (Wildman–Crippen LogP) is 6.14. The molecule has 0 fully saturated rings. The second kappa shape index (κ2) is 8.83. The molecule has 0 saturated carbocycles. The van der Waals surface area contributed by atoms with Gasteiger partial charge in [-0.3, -0.25) is 9.10 Å². The Morgan fingerprint density at radius 3 is 2.51 bits per heavy atom. The molecule has 2 heterocycles. The van der Waals surface area contributed by atoms with Crippen LogP contribution in [0, 0.1) is 6.92 Å². The zero-order valence-corrected chi connectivity index (χ0v) is 21.2. The number of para-hydroxylation sites is 1. The van der Waals surface area contributed by atoms with Gasteiger partial charge in [-0.25, -0.2) is 8.42 Å². The van der Waals surface area contributed by atoms with Crippen LogP contribution < -0.4 is 14.4 Å². The number of halogens is 1. The molecule has 37 heavy (non-hydrogen) atoms. The van der Waals surface area contributed by atoms with Gasteiger partial charge < -0.3 is 14.5 Å². The first kappa shape index (κ1) is 23.4. The van der Waals surface area contributed by atoms with Crippen LogP contribution in [0.5, 0.6) is 5.75 Å². The Morgan fingerprint density at radius 1 is 0.946 bits per heavy atom. The number of hydrogen-bond acceptors (Lipinski definition) is 5. The Morgan fingerprint density at radius 2 is 1.70 bits per heavy atom. The van der Waals surface area contributed by atoms with E-state index in [2.05, 4.69) is 5.32 Å². The second-order valence-electron chi connectivity index (χ2n) is 8.87. The van der Waals surface area contributed by atoms with E-state index in [1.165, 1.54) is 10.4 Å². The van der Waals surface area contributed by atoms with Crippen LogP contribution in [0.2, 0.25) is 5.02 Å². The van der Waals surface area contributed by atoms with Crippen molar-refractivity contribution in [1.82, 2.24) is 0 Å². The van der Waals surface area contributed by atoms with Crippen LogP contribution in [-0.2, 0) is 14.8 Å². The molecule has 0 spiro atoms. The number of sulfonamides is 1. The smallest absolute Gasteiger partial charge is 0.267 e. The van der Waals surface area contributed by atoms with Gasteiger partial charge in [-0.05, 0) is 55.5 Å². The molecule has 7 nitrogen and oxygen atoms in total. The van der Waals surface area contributed by atoms with E-state index in [4.69, 9.17) is 20.8 Å². The number of nitrogens with one attached hydrogen (secondary N) is 1. The molecule has 0 radical (unpaired) electrons. The number of benzene rings is 4. The lowest BCUT2D eigenvalue weighted by atomic mass is 10.1. The van der Waals surface area contributed by atoms with Crippen molar-refractivity contribution in [1.29, 1.82) is 0 Å². The zero-order valence-electron chi connectivity index (χ0n) is 19.6. The van der Waals surface area contributed by atoms with Gasteiger partial charge in [-0.1, -0.05) is 47.5 Å². The molecule has 1 atom stereocenters. The second-order valence-corrected chi connectivity index (χ2v) is 11.2. The Labute approximate surface area is 218 Å². The van der Waals surface area contributed by atoms with E-state index in [1.807, 2.05) is 37.3 Å². The van der Waals surface area contributed by atoms with Crippen molar-refractivity contribution in [2.24, 2.45) is 0 Å². The zero-order chi connectivity index (χ0) is 25.7. The number of hydrogen-bond donors (Lipinski definition) is 1. The summed E-state index contributed by atoms with van der Waals surface area (Å²) >= 11 is 6.18. The third-order valence-corrected chi connectivity index (χ3v) is 8.37. The molecule has 1 aromatic heterocycles. The quantitative estimate of drug-likeness (QED) is 0.300. The number of carbonyl (C=O) groups excluding carboxylic acids is 1. The number of aryl methyl sites for hydroxylation is 1. The Bertz CT molecular complexity index is 1780. The van der Waals surface area contributed by atoms with Gasteiger partial charge in [0, 0.05) is 27.5 Å². The van der Waals surface area contributed by atoms with Gasteiger partial charge in [-0.2, -0.15) is 0 Å². The molecule has 0 unspecified atom stereocenters. The molecule has 4 aromatic carbocycles. The summed E-state index contributed by atoms with van der Waals surface area (Å²) in [5.41, 5.74) is 3.11. The molecule has 0 aliphatic carbocycles. The number of furan rings is 1. The molecule has 1 N–H and O–H groups in total. The largest absolute Gasteiger partial charge is 0.476 e. The van der Waals surface area contributed by atoms with Crippen LogP contribution >= 0.6 is 11.6 Å². The first-order valence-corrected chi connectivity index (χ1v) is 13.4. The van der Waals surface area contributed by atoms with Crippen molar-refractivity contribution >= 4 is 60.8 Å². The average Bonchev–Trinajstić information content (AvgIpc) is 3.26. The van der Waals surface area contributed by atoms with Crippen LogP contribution in [0.3, 0.4) is 0 Å². The maximum atomic E-state index is 13.6. The lowest BCUT2D eigenvalue weighted by Gasteiger charge is -2.34. The average molecular weight is 533 g/mol. The van der Waals surface area contributed by atoms with Gasteiger partial charge in [0.2, 0.25) is 0 Å². The Kier molecular flexibility index (Phi) is 5.58. The molecule has 0 saturated heterocycles. The fourth-order valence-electron chi connectivity index (χ4n) is 4.45. The van der Waals surface area contributed by atoms with Gasteiger partial charge >= 0.3 is 0 Å². The summed E-state index contributed by atoms with van der Waals surface area (Å²) < 4.78 is 40.3. The lowest BCUT2D eigenvalue weighted by Crippen LogP contribution is -2.48. The van der Waals surface area contributed by atoms with E-state index >= 15 is 0 Å². The van der Waals surface area contributed by atoms with E-state index in [9.17, 15) is 13.2 Å². The van der Waals surface area contributed by atoms with E-state index in [1.54, 1.807) is 48.5 Å². The first-order valence-electron chi connectivity index (χ1n) is 11.6. The number of ether oxygens (including phenoxy) is 1. The number of fused-ring (bicyclic) bond motifs is 4. The minimum absolute atomic E-state index is 0.112. The Hall–Kier alpha value is -4.01. The van der Waals surface area contributed by atoms with Gasteiger partial charge in [0.05, 0.1) is 17.1 Å². The topological polar surface area (TPSA) is 88.9 Å². The van der Waals surface area contributed by atoms with E-state index in [0.29, 0.717) is 16.3 Å².